The fraction of sp³-hybridized carbons (Fsp3) is 0.464. The van der Waals surface area contributed by atoms with Crippen molar-refractivity contribution in [2.75, 3.05) is 24.6 Å². The summed E-state index contributed by atoms with van der Waals surface area (Å²) in [5, 5.41) is 13.5. The first-order chi connectivity index (χ1) is 20.5. The van der Waals surface area contributed by atoms with Gasteiger partial charge in [-0.05, 0) is 60.2 Å². The summed E-state index contributed by atoms with van der Waals surface area (Å²) in [4.78, 5) is 45.3. The second-order valence-corrected chi connectivity index (χ2v) is 14.1. The van der Waals surface area contributed by atoms with Gasteiger partial charge < -0.3 is 15.7 Å². The summed E-state index contributed by atoms with van der Waals surface area (Å²) < 4.78 is 62.1. The Balaban J connectivity index is 1.86. The molecule has 0 aliphatic carbocycles. The molecule has 0 fully saturated rings. The van der Waals surface area contributed by atoms with Crippen molar-refractivity contribution in [3.63, 3.8) is 0 Å². The topological polar surface area (TPSA) is 229 Å². The number of benzene rings is 1. The third-order valence-corrected chi connectivity index (χ3v) is 8.56. The highest BCUT2D eigenvalue weighted by molar-refractivity contribution is 7.86. The van der Waals surface area contributed by atoms with Crippen LogP contribution in [0.1, 0.15) is 78.9 Å². The number of nitrogens with one attached hydrogen (secondary N) is 2. The van der Waals surface area contributed by atoms with Crippen molar-refractivity contribution in [3.05, 3.63) is 47.3 Å². The minimum Gasteiger partial charge on any atom is -0.481 e. The summed E-state index contributed by atoms with van der Waals surface area (Å²) in [6.45, 7) is 3.26. The number of fused-ring (bicyclic) bond motifs is 1. The number of carboxylic acid groups (broad SMARTS) is 1. The normalized spacial score (nSPS) is 14.0. The molecule has 2 heterocycles. The van der Waals surface area contributed by atoms with E-state index in [1.807, 2.05) is 26.0 Å². The van der Waals surface area contributed by atoms with Gasteiger partial charge in [0.15, 0.2) is 0 Å². The third kappa shape index (κ3) is 10.2. The monoisotopic (exact) mass is 652 g/mol. The van der Waals surface area contributed by atoms with Gasteiger partial charge in [0.1, 0.15) is 11.4 Å². The van der Waals surface area contributed by atoms with E-state index in [4.69, 9.17) is 19.2 Å². The number of nitrogens with zero attached hydrogens (tertiary/aromatic N) is 2. The highest BCUT2D eigenvalue weighted by atomic mass is 32.2. The molecule has 2 aromatic rings. The number of aliphatic carboxylic acids is 1. The molecule has 0 radical (unpaired) electrons. The van der Waals surface area contributed by atoms with Crippen LogP contribution in [0.2, 0.25) is 0 Å². The van der Waals surface area contributed by atoms with Gasteiger partial charge in [0.2, 0.25) is 0 Å². The fourth-order valence-corrected chi connectivity index (χ4v) is 5.46. The predicted octanol–water partition coefficient (Wildman–Crippen LogP) is 2.77. The third-order valence-electron chi connectivity index (χ3n) is 7.12. The van der Waals surface area contributed by atoms with Crippen LogP contribution in [-0.2, 0) is 30.4 Å². The van der Waals surface area contributed by atoms with Gasteiger partial charge in [-0.3, -0.25) is 28.5 Å². The zero-order chi connectivity index (χ0) is 32.7. The van der Waals surface area contributed by atoms with E-state index in [9.17, 15) is 31.2 Å². The molecule has 5 N–H and O–H groups in total. The number of hydrogen-bond donors (Lipinski definition) is 5. The molecule has 3 rings (SSSR count). The highest BCUT2D eigenvalue weighted by Crippen LogP contribution is 2.43. The first kappa shape index (κ1) is 34.8. The van der Waals surface area contributed by atoms with Crippen molar-refractivity contribution in [2.45, 2.75) is 57.8 Å². The van der Waals surface area contributed by atoms with Gasteiger partial charge in [0.25, 0.3) is 32.1 Å². The minimum atomic E-state index is -4.33. The van der Waals surface area contributed by atoms with Crippen molar-refractivity contribution >= 4 is 49.4 Å². The summed E-state index contributed by atoms with van der Waals surface area (Å²) in [6.07, 6.45) is 4.07. The van der Waals surface area contributed by atoms with Gasteiger partial charge in [-0.1, -0.05) is 32.8 Å². The van der Waals surface area contributed by atoms with Crippen LogP contribution < -0.4 is 10.6 Å². The first-order valence-electron chi connectivity index (χ1n) is 13.9. The molecule has 16 heteroatoms. The number of hydrogen-bond acceptors (Lipinski definition) is 9. The van der Waals surface area contributed by atoms with Crippen LogP contribution in [-0.4, -0.2) is 84.1 Å². The van der Waals surface area contributed by atoms with Crippen molar-refractivity contribution < 1.29 is 45.4 Å². The number of carboxylic acids is 1. The Morgan fingerprint density at radius 3 is 1.86 bits per heavy atom. The van der Waals surface area contributed by atoms with E-state index in [0.717, 1.165) is 42.6 Å². The number of aromatic nitrogens is 1. The number of aliphatic imine (C=N–C) groups is 1. The van der Waals surface area contributed by atoms with Crippen LogP contribution in [0.3, 0.4) is 0 Å². The molecule has 1 aromatic heterocycles. The Hall–Kier alpha value is -3.73. The molecule has 0 spiro atoms. The lowest BCUT2D eigenvalue weighted by Gasteiger charge is -2.23. The average Bonchev–Trinajstić information content (AvgIpc) is 3.17. The van der Waals surface area contributed by atoms with Crippen LogP contribution in [0, 0.1) is 0 Å². The molecule has 1 aromatic carbocycles. The SMILES string of the molecule is CC1(C)C(CCCCCCC(=O)O)=Nc2ccc(-c3cc(C(=O)NCCS(=O)(=O)O)nc(C(=O)NCCS(=O)(=O)O)c3)cc21. The van der Waals surface area contributed by atoms with Gasteiger partial charge in [-0.15, -0.1) is 0 Å². The molecule has 1 aliphatic rings. The maximum absolute atomic E-state index is 12.8. The van der Waals surface area contributed by atoms with Crippen LogP contribution in [0.25, 0.3) is 11.1 Å². The molecule has 0 saturated carbocycles. The van der Waals surface area contributed by atoms with Gasteiger partial charge in [-0.2, -0.15) is 16.8 Å². The van der Waals surface area contributed by atoms with Crippen LogP contribution in [0.5, 0.6) is 0 Å². The minimum absolute atomic E-state index is 0.150. The summed E-state index contributed by atoms with van der Waals surface area (Å²) in [6, 6.07) is 8.32. The van der Waals surface area contributed by atoms with Crippen molar-refractivity contribution in [3.8, 4) is 11.1 Å². The van der Waals surface area contributed by atoms with Crippen molar-refractivity contribution in [1.29, 1.82) is 0 Å². The molecular formula is C28H36N4O10S2. The molecule has 0 atom stereocenters. The quantitative estimate of drug-likeness (QED) is 0.131. The zero-order valence-corrected chi connectivity index (χ0v) is 26.0. The molecule has 14 nitrogen and oxygen atoms in total. The van der Waals surface area contributed by atoms with Crippen LogP contribution in [0.15, 0.2) is 35.3 Å². The van der Waals surface area contributed by atoms with Crippen molar-refractivity contribution in [2.24, 2.45) is 4.99 Å². The lowest BCUT2D eigenvalue weighted by Crippen LogP contribution is -2.32. The Kier molecular flexibility index (Phi) is 11.3. The second kappa shape index (κ2) is 14.4. The largest absolute Gasteiger partial charge is 0.481 e. The Morgan fingerprint density at radius 1 is 0.795 bits per heavy atom. The maximum Gasteiger partial charge on any atom is 0.303 e. The Bertz CT molecular complexity index is 1600. The van der Waals surface area contributed by atoms with E-state index in [1.165, 1.54) is 12.1 Å². The number of carbonyl (C=O) groups excluding carboxylic acids is 2. The van der Waals surface area contributed by atoms with Crippen molar-refractivity contribution in [1.82, 2.24) is 15.6 Å². The number of rotatable bonds is 16. The number of amides is 2. The molecule has 0 unspecified atom stereocenters. The van der Waals surface area contributed by atoms with Crippen LogP contribution in [0.4, 0.5) is 5.69 Å². The highest BCUT2D eigenvalue weighted by Gasteiger charge is 2.34. The van der Waals surface area contributed by atoms with E-state index < -0.39 is 68.0 Å². The molecule has 44 heavy (non-hydrogen) atoms. The second-order valence-electron chi connectivity index (χ2n) is 10.9. The summed E-state index contributed by atoms with van der Waals surface area (Å²) in [5.41, 5.74) is 2.86. The van der Waals surface area contributed by atoms with E-state index in [2.05, 4.69) is 15.6 Å². The van der Waals surface area contributed by atoms with Gasteiger partial charge in [-0.25, -0.2) is 4.98 Å². The summed E-state index contributed by atoms with van der Waals surface area (Å²) in [5.74, 6) is -3.88. The average molecular weight is 653 g/mol. The smallest absolute Gasteiger partial charge is 0.303 e. The van der Waals surface area contributed by atoms with E-state index in [0.29, 0.717) is 17.5 Å². The predicted molar refractivity (Wildman–Crippen MR) is 163 cm³/mol. The lowest BCUT2D eigenvalue weighted by atomic mass is 9.79. The fourth-order valence-electron chi connectivity index (χ4n) is 4.74. The summed E-state index contributed by atoms with van der Waals surface area (Å²) in [7, 11) is -8.67. The Morgan fingerprint density at radius 2 is 1.34 bits per heavy atom. The standard InChI is InChI=1S/C28H36N4O10S2/c1-28(2)20-15-18(9-10-21(20)32-24(28)7-5-3-4-6-8-25(33)34)19-16-22(26(35)29-11-13-43(37,38)39)31-23(17-19)27(36)30-12-14-44(40,41)42/h9-10,15-17H,3-8,11-14H2,1-2H3,(H,29,35)(H,30,36)(H,33,34)(H,37,38,39)(H,40,41,42). The van der Waals surface area contributed by atoms with E-state index in [-0.39, 0.29) is 17.8 Å². The van der Waals surface area contributed by atoms with E-state index >= 15 is 0 Å². The van der Waals surface area contributed by atoms with E-state index in [1.54, 1.807) is 6.07 Å². The lowest BCUT2D eigenvalue weighted by molar-refractivity contribution is -0.137. The molecule has 240 valence electrons. The number of carbonyl (C=O) groups is 3. The van der Waals surface area contributed by atoms with Crippen LogP contribution >= 0.6 is 0 Å². The number of unbranched alkanes of at least 4 members (excludes halogenated alkanes) is 3. The number of pyridine rings is 1. The maximum atomic E-state index is 12.8. The van der Waals surface area contributed by atoms with Gasteiger partial charge in [0.05, 0.1) is 17.2 Å². The molecule has 0 bridgehead atoms. The molecular weight excluding hydrogens is 616 g/mol. The van der Waals surface area contributed by atoms with Gasteiger partial charge in [0, 0.05) is 30.6 Å². The molecule has 2 amide bonds. The molecule has 1 aliphatic heterocycles. The Labute approximate surface area is 255 Å². The summed E-state index contributed by atoms with van der Waals surface area (Å²) >= 11 is 0. The van der Waals surface area contributed by atoms with Gasteiger partial charge >= 0.3 is 5.97 Å². The zero-order valence-electron chi connectivity index (χ0n) is 24.4. The molecule has 0 saturated heterocycles. The first-order valence-corrected chi connectivity index (χ1v) is 17.1.